The van der Waals surface area contributed by atoms with E-state index in [9.17, 15) is 5.11 Å². The molecule has 0 radical (unpaired) electrons. The molecule has 1 aliphatic rings. The smallest absolute Gasteiger partial charge is 0.0636 e. The van der Waals surface area contributed by atoms with E-state index in [4.69, 9.17) is 0 Å². The molecule has 1 aromatic rings. The molecule has 0 aliphatic heterocycles. The molecule has 2 heteroatoms. The van der Waals surface area contributed by atoms with E-state index in [1.165, 1.54) is 36.8 Å². The monoisotopic (exact) mass is 219 g/mol. The predicted molar refractivity (Wildman–Crippen MR) is 66.4 cm³/mol. The standard InChI is InChI=1S/C14H21NO/c1-11(16)10-15-14-9-5-3-7-12-6-2-4-8-13(12)14/h2,4,6,8,11,14-16H,3,5,7,9-10H2,1H3/t11-,14?/m1/s1. The van der Waals surface area contributed by atoms with Crippen LogP contribution in [0.4, 0.5) is 0 Å². The third-order valence-electron chi connectivity index (χ3n) is 3.28. The molecular formula is C14H21NO. The second-order valence-corrected chi connectivity index (χ2v) is 4.75. The molecule has 0 fully saturated rings. The van der Waals surface area contributed by atoms with Gasteiger partial charge >= 0.3 is 0 Å². The van der Waals surface area contributed by atoms with Crippen molar-refractivity contribution in [3.05, 3.63) is 35.4 Å². The van der Waals surface area contributed by atoms with Gasteiger partial charge in [-0.05, 0) is 37.3 Å². The van der Waals surface area contributed by atoms with Gasteiger partial charge in [-0.2, -0.15) is 0 Å². The molecule has 0 saturated heterocycles. The highest BCUT2D eigenvalue weighted by Gasteiger charge is 2.17. The van der Waals surface area contributed by atoms with Crippen LogP contribution < -0.4 is 5.32 Å². The Labute approximate surface area is 97.7 Å². The van der Waals surface area contributed by atoms with Crippen molar-refractivity contribution < 1.29 is 5.11 Å². The molecule has 0 spiro atoms. The van der Waals surface area contributed by atoms with Gasteiger partial charge in [-0.3, -0.25) is 0 Å². The maximum atomic E-state index is 9.34. The number of rotatable bonds is 3. The predicted octanol–water partition coefficient (Wildman–Crippen LogP) is 2.42. The second-order valence-electron chi connectivity index (χ2n) is 4.75. The van der Waals surface area contributed by atoms with Crippen LogP contribution in [-0.4, -0.2) is 17.8 Å². The second kappa shape index (κ2) is 5.46. The number of aliphatic hydroxyl groups excluding tert-OH is 1. The van der Waals surface area contributed by atoms with E-state index < -0.39 is 0 Å². The van der Waals surface area contributed by atoms with Crippen molar-refractivity contribution in [2.24, 2.45) is 0 Å². The summed E-state index contributed by atoms with van der Waals surface area (Å²) in [6.45, 7) is 2.51. The first kappa shape index (κ1) is 11.6. The Morgan fingerprint density at radius 1 is 1.38 bits per heavy atom. The summed E-state index contributed by atoms with van der Waals surface area (Å²) in [6, 6.07) is 9.11. The van der Waals surface area contributed by atoms with E-state index in [1.807, 2.05) is 6.92 Å². The summed E-state index contributed by atoms with van der Waals surface area (Å²) < 4.78 is 0. The lowest BCUT2D eigenvalue weighted by Crippen LogP contribution is -2.28. The first-order valence-corrected chi connectivity index (χ1v) is 6.26. The summed E-state index contributed by atoms with van der Waals surface area (Å²) >= 11 is 0. The van der Waals surface area contributed by atoms with Crippen molar-refractivity contribution in [1.82, 2.24) is 5.32 Å². The lowest BCUT2D eigenvalue weighted by Gasteiger charge is -2.20. The Morgan fingerprint density at radius 3 is 3.00 bits per heavy atom. The first-order chi connectivity index (χ1) is 7.77. The summed E-state index contributed by atoms with van der Waals surface area (Å²) in [5.41, 5.74) is 2.91. The first-order valence-electron chi connectivity index (χ1n) is 6.26. The molecule has 1 aromatic carbocycles. The summed E-state index contributed by atoms with van der Waals surface area (Å²) in [6.07, 6.45) is 4.67. The van der Waals surface area contributed by atoms with Crippen molar-refractivity contribution >= 4 is 0 Å². The number of aryl methyl sites for hydroxylation is 1. The van der Waals surface area contributed by atoms with Crippen molar-refractivity contribution in [2.45, 2.75) is 44.8 Å². The van der Waals surface area contributed by atoms with Crippen LogP contribution in [0.1, 0.15) is 43.4 Å². The summed E-state index contributed by atoms with van der Waals surface area (Å²) in [7, 11) is 0. The molecule has 0 amide bonds. The fraction of sp³-hybridized carbons (Fsp3) is 0.571. The van der Waals surface area contributed by atoms with Gasteiger partial charge in [-0.15, -0.1) is 0 Å². The Kier molecular flexibility index (Phi) is 3.97. The van der Waals surface area contributed by atoms with Gasteiger partial charge in [0.15, 0.2) is 0 Å². The Bertz CT molecular complexity index is 335. The minimum atomic E-state index is -0.268. The van der Waals surface area contributed by atoms with Crippen LogP contribution in [0.3, 0.4) is 0 Å². The summed E-state index contributed by atoms with van der Waals surface area (Å²) in [5, 5.41) is 12.8. The highest BCUT2D eigenvalue weighted by atomic mass is 16.3. The van der Waals surface area contributed by atoms with E-state index in [1.54, 1.807) is 0 Å². The number of fused-ring (bicyclic) bond motifs is 1. The zero-order chi connectivity index (χ0) is 11.4. The molecule has 2 atom stereocenters. The molecule has 0 aromatic heterocycles. The van der Waals surface area contributed by atoms with Gasteiger partial charge < -0.3 is 10.4 Å². The number of aliphatic hydroxyl groups is 1. The fourth-order valence-corrected chi connectivity index (χ4v) is 2.45. The average molecular weight is 219 g/mol. The quantitative estimate of drug-likeness (QED) is 0.765. The van der Waals surface area contributed by atoms with Crippen molar-refractivity contribution in [2.75, 3.05) is 6.54 Å². The Morgan fingerprint density at radius 2 is 2.19 bits per heavy atom. The minimum absolute atomic E-state index is 0.268. The molecule has 88 valence electrons. The Hall–Kier alpha value is -0.860. The molecular weight excluding hydrogens is 198 g/mol. The topological polar surface area (TPSA) is 32.3 Å². The van der Waals surface area contributed by atoms with E-state index in [0.29, 0.717) is 12.6 Å². The van der Waals surface area contributed by atoms with E-state index in [2.05, 4.69) is 29.6 Å². The lowest BCUT2D eigenvalue weighted by molar-refractivity contribution is 0.185. The number of hydrogen-bond acceptors (Lipinski definition) is 2. The third kappa shape index (κ3) is 2.83. The molecule has 1 unspecified atom stereocenters. The van der Waals surface area contributed by atoms with Gasteiger partial charge in [0.1, 0.15) is 0 Å². The summed E-state index contributed by atoms with van der Waals surface area (Å²) in [5.74, 6) is 0. The van der Waals surface area contributed by atoms with Crippen LogP contribution in [-0.2, 0) is 6.42 Å². The van der Waals surface area contributed by atoms with Crippen LogP contribution in [0.15, 0.2) is 24.3 Å². The molecule has 2 nitrogen and oxygen atoms in total. The van der Waals surface area contributed by atoms with Crippen LogP contribution in [0, 0.1) is 0 Å². The van der Waals surface area contributed by atoms with Crippen molar-refractivity contribution in [3.8, 4) is 0 Å². The van der Waals surface area contributed by atoms with Crippen LogP contribution in [0.25, 0.3) is 0 Å². The zero-order valence-electron chi connectivity index (χ0n) is 9.95. The normalized spacial score (nSPS) is 22.2. The Balaban J connectivity index is 2.12. The zero-order valence-corrected chi connectivity index (χ0v) is 9.95. The van der Waals surface area contributed by atoms with Crippen molar-refractivity contribution in [3.63, 3.8) is 0 Å². The largest absolute Gasteiger partial charge is 0.392 e. The van der Waals surface area contributed by atoms with E-state index in [-0.39, 0.29) is 6.10 Å². The molecule has 0 saturated carbocycles. The number of hydrogen-bond donors (Lipinski definition) is 2. The van der Waals surface area contributed by atoms with E-state index in [0.717, 1.165) is 0 Å². The average Bonchev–Trinajstić information content (AvgIpc) is 2.48. The van der Waals surface area contributed by atoms with Crippen LogP contribution >= 0.6 is 0 Å². The summed E-state index contributed by atoms with van der Waals surface area (Å²) in [4.78, 5) is 0. The van der Waals surface area contributed by atoms with Gasteiger partial charge in [0, 0.05) is 12.6 Å². The highest BCUT2D eigenvalue weighted by Crippen LogP contribution is 2.28. The molecule has 2 rings (SSSR count). The van der Waals surface area contributed by atoms with Gasteiger partial charge in [-0.25, -0.2) is 0 Å². The van der Waals surface area contributed by atoms with Gasteiger partial charge in [0.05, 0.1) is 6.10 Å². The highest BCUT2D eigenvalue weighted by molar-refractivity contribution is 5.31. The maximum Gasteiger partial charge on any atom is 0.0636 e. The molecule has 16 heavy (non-hydrogen) atoms. The molecule has 0 heterocycles. The van der Waals surface area contributed by atoms with Crippen LogP contribution in [0.2, 0.25) is 0 Å². The maximum absolute atomic E-state index is 9.34. The molecule has 1 aliphatic carbocycles. The number of nitrogens with one attached hydrogen (secondary N) is 1. The minimum Gasteiger partial charge on any atom is -0.392 e. The van der Waals surface area contributed by atoms with Crippen molar-refractivity contribution in [1.29, 1.82) is 0 Å². The SMILES string of the molecule is C[C@@H](O)CNC1CCCCc2ccccc21. The van der Waals surface area contributed by atoms with Gasteiger partial charge in [-0.1, -0.05) is 30.7 Å². The molecule has 0 bridgehead atoms. The third-order valence-corrected chi connectivity index (χ3v) is 3.28. The molecule has 2 N–H and O–H groups in total. The lowest BCUT2D eigenvalue weighted by atomic mass is 9.99. The fourth-order valence-electron chi connectivity index (χ4n) is 2.45. The van der Waals surface area contributed by atoms with E-state index >= 15 is 0 Å². The van der Waals surface area contributed by atoms with Gasteiger partial charge in [0.25, 0.3) is 0 Å². The van der Waals surface area contributed by atoms with Crippen LogP contribution in [0.5, 0.6) is 0 Å². The number of benzene rings is 1. The van der Waals surface area contributed by atoms with Gasteiger partial charge in [0.2, 0.25) is 0 Å².